The lowest BCUT2D eigenvalue weighted by molar-refractivity contribution is -0.148. The predicted octanol–water partition coefficient (Wildman–Crippen LogP) is 2.81. The summed E-state index contributed by atoms with van der Waals surface area (Å²) in [5.41, 5.74) is -1.94. The zero-order valence-electron chi connectivity index (χ0n) is 20.1. The van der Waals surface area contributed by atoms with Gasteiger partial charge >= 0.3 is 0 Å². The lowest BCUT2D eigenvalue weighted by Crippen LogP contribution is -2.63. The minimum absolute atomic E-state index is 0.00352. The highest BCUT2D eigenvalue weighted by Gasteiger charge is 2.64. The van der Waals surface area contributed by atoms with Gasteiger partial charge in [0.2, 0.25) is 5.78 Å². The van der Waals surface area contributed by atoms with Crippen molar-refractivity contribution in [3.8, 4) is 5.75 Å². The summed E-state index contributed by atoms with van der Waals surface area (Å²) in [5.74, 6) is -6.31. The molecule has 2 aromatic rings. The number of carbonyl (C=O) groups is 3. The Morgan fingerprint density at radius 2 is 1.67 bits per heavy atom. The number of hydrogen-bond acceptors (Lipinski definition) is 8. The van der Waals surface area contributed by atoms with Crippen LogP contribution in [-0.2, 0) is 9.59 Å². The first-order chi connectivity index (χ1) is 17.0. The van der Waals surface area contributed by atoms with Gasteiger partial charge < -0.3 is 20.4 Å². The zero-order chi connectivity index (χ0) is 26.1. The summed E-state index contributed by atoms with van der Waals surface area (Å²) in [6.45, 7) is 1.10. The highest BCUT2D eigenvalue weighted by molar-refractivity contribution is 6.25. The molecule has 0 amide bonds. The average Bonchev–Trinajstić information content (AvgIpc) is 2.81. The predicted molar refractivity (Wildman–Crippen MR) is 130 cm³/mol. The van der Waals surface area contributed by atoms with Gasteiger partial charge in [0.25, 0.3) is 0 Å². The van der Waals surface area contributed by atoms with Crippen LogP contribution in [0.3, 0.4) is 0 Å². The fourth-order valence-corrected chi connectivity index (χ4v) is 6.41. The van der Waals surface area contributed by atoms with Crippen molar-refractivity contribution in [1.29, 1.82) is 0 Å². The second kappa shape index (κ2) is 8.15. The molecule has 0 spiro atoms. The number of phenols is 1. The molecule has 0 saturated carbocycles. The van der Waals surface area contributed by atoms with Crippen LogP contribution in [0.2, 0.25) is 0 Å². The number of nitrogens with zero attached hydrogens (tertiary/aromatic N) is 1. The summed E-state index contributed by atoms with van der Waals surface area (Å²) in [6, 6.07) is 13.1. The fourth-order valence-electron chi connectivity index (χ4n) is 6.41. The first-order valence-electron chi connectivity index (χ1n) is 11.7. The fraction of sp³-hybridized carbons (Fsp3) is 0.321. The number of phenolic OH excluding ortho intramolecular Hbond substituents is 1. The van der Waals surface area contributed by atoms with Crippen molar-refractivity contribution in [2.75, 3.05) is 14.1 Å². The average molecular weight is 490 g/mol. The van der Waals surface area contributed by atoms with Crippen LogP contribution in [0.1, 0.15) is 40.7 Å². The van der Waals surface area contributed by atoms with E-state index in [9.17, 15) is 34.8 Å². The Bertz CT molecular complexity index is 1370. The molecular formula is C28H27NO7. The number of aliphatic hydroxyl groups excluding tert-OH is 2. The summed E-state index contributed by atoms with van der Waals surface area (Å²) >= 11 is 0. The number of hydrogen-bond donors (Lipinski definition) is 4. The number of likely N-dealkylation sites (N-methyl/N-ethyl adjacent to an activating group) is 1. The maximum atomic E-state index is 13.7. The maximum absolute atomic E-state index is 13.7. The van der Waals surface area contributed by atoms with E-state index < -0.39 is 63.8 Å². The van der Waals surface area contributed by atoms with Crippen LogP contribution >= 0.6 is 0 Å². The third kappa shape index (κ3) is 3.04. The Balaban J connectivity index is 1.82. The molecule has 4 N–H and O–H groups in total. The van der Waals surface area contributed by atoms with Crippen molar-refractivity contribution in [1.82, 2.24) is 4.90 Å². The number of allylic oxidation sites excluding steroid dienone is 1. The molecule has 5 rings (SSSR count). The van der Waals surface area contributed by atoms with E-state index in [1.165, 1.54) is 6.07 Å². The van der Waals surface area contributed by atoms with Crippen LogP contribution in [0.5, 0.6) is 5.75 Å². The van der Waals surface area contributed by atoms with Crippen LogP contribution in [0.4, 0.5) is 0 Å². The molecule has 3 aliphatic rings. The SMILES string of the molecule is CC(=O)C1=C(O)[C@@H](N(C)C)[C@@H]2C[C@H]3C(=C(O)[C@]2(O)C1=O)C(=O)c1c(O)cccc1[C@H]3c1ccccc1. The third-order valence-corrected chi connectivity index (χ3v) is 7.87. The molecule has 0 bridgehead atoms. The number of benzene rings is 2. The Hall–Kier alpha value is -3.75. The van der Waals surface area contributed by atoms with E-state index in [2.05, 4.69) is 0 Å². The number of fused-ring (bicyclic) bond motifs is 3. The van der Waals surface area contributed by atoms with Crippen molar-refractivity contribution >= 4 is 17.3 Å². The van der Waals surface area contributed by atoms with Gasteiger partial charge in [0, 0.05) is 23.3 Å². The minimum Gasteiger partial charge on any atom is -0.510 e. The standard InChI is InChI=1S/C28H27NO7/c1-13(30)19-25(33)23(29(2)3)17-12-16-20(14-8-5-4-6-9-14)15-10-7-11-18(31)21(15)24(32)22(16)27(35)28(17,36)26(19)34/h4-11,16-17,20,23,31,33,35-36H,12H2,1-3H3/t16-,17+,20-,23+,28-/m1/s1. The quantitative estimate of drug-likeness (QED) is 0.484. The van der Waals surface area contributed by atoms with Crippen LogP contribution in [0, 0.1) is 11.8 Å². The number of Topliss-reactive ketones (excluding diaryl/α,β-unsaturated/α-hetero) is 3. The molecule has 0 unspecified atom stereocenters. The van der Waals surface area contributed by atoms with Gasteiger partial charge in [-0.1, -0.05) is 42.5 Å². The van der Waals surface area contributed by atoms with E-state index in [-0.39, 0.29) is 23.3 Å². The summed E-state index contributed by atoms with van der Waals surface area (Å²) in [4.78, 5) is 41.2. The van der Waals surface area contributed by atoms with Gasteiger partial charge in [-0.25, -0.2) is 0 Å². The Kier molecular flexibility index (Phi) is 5.42. The van der Waals surface area contributed by atoms with Gasteiger partial charge in [-0.3, -0.25) is 19.3 Å². The molecule has 0 saturated heterocycles. The van der Waals surface area contributed by atoms with E-state index in [1.807, 2.05) is 30.3 Å². The van der Waals surface area contributed by atoms with E-state index >= 15 is 0 Å². The highest BCUT2D eigenvalue weighted by atomic mass is 16.3. The van der Waals surface area contributed by atoms with Gasteiger partial charge in [0.1, 0.15) is 22.8 Å². The van der Waals surface area contributed by atoms with Crippen molar-refractivity contribution in [2.24, 2.45) is 11.8 Å². The first-order valence-corrected chi connectivity index (χ1v) is 11.7. The molecule has 36 heavy (non-hydrogen) atoms. The molecular weight excluding hydrogens is 462 g/mol. The van der Waals surface area contributed by atoms with Gasteiger partial charge in [-0.15, -0.1) is 0 Å². The number of aliphatic hydroxyl groups is 3. The topological polar surface area (TPSA) is 135 Å². The highest BCUT2D eigenvalue weighted by Crippen LogP contribution is 2.56. The van der Waals surface area contributed by atoms with Crippen LogP contribution < -0.4 is 0 Å². The summed E-state index contributed by atoms with van der Waals surface area (Å²) in [6.07, 6.45) is 0.0557. The van der Waals surface area contributed by atoms with Crippen molar-refractivity contribution < 1.29 is 34.8 Å². The second-order valence-electron chi connectivity index (χ2n) is 9.99. The summed E-state index contributed by atoms with van der Waals surface area (Å²) < 4.78 is 0. The molecule has 5 atom stereocenters. The maximum Gasteiger partial charge on any atom is 0.209 e. The molecule has 8 heteroatoms. The van der Waals surface area contributed by atoms with Gasteiger partial charge in [-0.05, 0) is 44.6 Å². The van der Waals surface area contributed by atoms with Crippen molar-refractivity contribution in [3.05, 3.63) is 87.9 Å². The molecule has 186 valence electrons. The number of rotatable bonds is 3. The second-order valence-corrected chi connectivity index (χ2v) is 9.99. The summed E-state index contributed by atoms with van der Waals surface area (Å²) in [5, 5.41) is 45.0. The first kappa shape index (κ1) is 24.0. The molecule has 0 aliphatic heterocycles. The minimum atomic E-state index is -2.59. The van der Waals surface area contributed by atoms with Crippen LogP contribution in [-0.4, -0.2) is 68.4 Å². The van der Waals surface area contributed by atoms with Gasteiger partial charge in [-0.2, -0.15) is 0 Å². The summed E-state index contributed by atoms with van der Waals surface area (Å²) in [7, 11) is 3.28. The number of carbonyl (C=O) groups excluding carboxylic acids is 3. The normalized spacial score (nSPS) is 29.7. The van der Waals surface area contributed by atoms with E-state index in [0.717, 1.165) is 12.5 Å². The largest absolute Gasteiger partial charge is 0.510 e. The third-order valence-electron chi connectivity index (χ3n) is 7.87. The molecule has 0 heterocycles. The van der Waals surface area contributed by atoms with Crippen LogP contribution in [0.25, 0.3) is 0 Å². The number of ketones is 3. The van der Waals surface area contributed by atoms with Crippen LogP contribution in [0.15, 0.2) is 71.2 Å². The Morgan fingerprint density at radius 1 is 1.00 bits per heavy atom. The molecule has 8 nitrogen and oxygen atoms in total. The molecule has 2 aromatic carbocycles. The van der Waals surface area contributed by atoms with Gasteiger partial charge in [0.15, 0.2) is 17.2 Å². The van der Waals surface area contributed by atoms with Crippen molar-refractivity contribution in [2.45, 2.75) is 30.9 Å². The lowest BCUT2D eigenvalue weighted by Gasteiger charge is -2.51. The molecule has 0 fully saturated rings. The number of aromatic hydroxyl groups is 1. The molecule has 3 aliphatic carbocycles. The van der Waals surface area contributed by atoms with Gasteiger partial charge in [0.05, 0.1) is 11.6 Å². The Labute approximate surface area is 207 Å². The van der Waals surface area contributed by atoms with Crippen molar-refractivity contribution in [3.63, 3.8) is 0 Å². The monoisotopic (exact) mass is 489 g/mol. The smallest absolute Gasteiger partial charge is 0.209 e. The lowest BCUT2D eigenvalue weighted by atomic mass is 9.55. The van der Waals surface area contributed by atoms with E-state index in [1.54, 1.807) is 31.1 Å². The van der Waals surface area contributed by atoms with E-state index in [4.69, 9.17) is 0 Å². The molecule has 0 radical (unpaired) electrons. The Morgan fingerprint density at radius 3 is 2.28 bits per heavy atom. The van der Waals surface area contributed by atoms with E-state index in [0.29, 0.717) is 5.56 Å². The zero-order valence-corrected chi connectivity index (χ0v) is 20.1. The molecule has 0 aromatic heterocycles.